The van der Waals surface area contributed by atoms with Crippen molar-refractivity contribution >= 4 is 44.3 Å². The van der Waals surface area contributed by atoms with Crippen LogP contribution in [-0.4, -0.2) is 20.9 Å². The highest BCUT2D eigenvalue weighted by Gasteiger charge is 2.25. The predicted molar refractivity (Wildman–Crippen MR) is 95.1 cm³/mol. The van der Waals surface area contributed by atoms with Crippen LogP contribution in [-0.2, 0) is 21.3 Å². The van der Waals surface area contributed by atoms with Crippen LogP contribution in [0.2, 0.25) is 0 Å². The molecule has 2 aromatic carbocycles. The number of hydrogen-bond acceptors (Lipinski definition) is 4. The van der Waals surface area contributed by atoms with Gasteiger partial charge in [0, 0.05) is 22.7 Å². The maximum atomic E-state index is 12.4. The summed E-state index contributed by atoms with van der Waals surface area (Å²) in [6.45, 7) is 2.08. The predicted octanol–water partition coefficient (Wildman–Crippen LogP) is 2.97. The zero-order valence-electron chi connectivity index (χ0n) is 12.3. The van der Waals surface area contributed by atoms with Crippen LogP contribution in [0.5, 0.6) is 5.75 Å². The molecule has 0 bridgehead atoms. The summed E-state index contributed by atoms with van der Waals surface area (Å²) >= 11 is 2.09. The highest BCUT2D eigenvalue weighted by molar-refractivity contribution is 14.1. The Balaban J connectivity index is 1.91. The smallest absolute Gasteiger partial charge is 0.339 e. The lowest BCUT2D eigenvalue weighted by molar-refractivity contribution is -0.116. The summed E-state index contributed by atoms with van der Waals surface area (Å²) in [4.78, 5) is 13.3. The lowest BCUT2D eigenvalue weighted by Gasteiger charge is -2.15. The van der Waals surface area contributed by atoms with Crippen molar-refractivity contribution in [2.75, 3.05) is 11.4 Å². The van der Waals surface area contributed by atoms with Crippen LogP contribution < -0.4 is 9.08 Å². The van der Waals surface area contributed by atoms with Gasteiger partial charge in [0.05, 0.1) is 0 Å². The highest BCUT2D eigenvalue weighted by atomic mass is 127. The van der Waals surface area contributed by atoms with E-state index in [1.165, 1.54) is 13.0 Å². The molecular weight excluding hydrogens is 429 g/mol. The summed E-state index contributed by atoms with van der Waals surface area (Å²) in [5.41, 5.74) is 1.61. The molecule has 3 rings (SSSR count). The maximum Gasteiger partial charge on any atom is 0.339 e. The average Bonchev–Trinajstić information content (AvgIpc) is 2.89. The van der Waals surface area contributed by atoms with Gasteiger partial charge in [-0.1, -0.05) is 6.07 Å². The number of carbonyl (C=O) groups is 1. The third kappa shape index (κ3) is 3.35. The molecule has 2 aromatic rings. The fraction of sp³-hybridized carbons (Fsp3) is 0.188. The number of benzene rings is 2. The normalized spacial score (nSPS) is 13.7. The summed E-state index contributed by atoms with van der Waals surface area (Å²) < 4.78 is 30.9. The van der Waals surface area contributed by atoms with E-state index >= 15 is 0 Å². The molecule has 0 atom stereocenters. The summed E-state index contributed by atoms with van der Waals surface area (Å²) in [7, 11) is -3.90. The molecule has 0 aromatic heterocycles. The Morgan fingerprint density at radius 2 is 2.00 bits per heavy atom. The number of rotatable bonds is 3. The summed E-state index contributed by atoms with van der Waals surface area (Å²) in [5.74, 6) is 0.234. The number of hydrogen-bond donors (Lipinski definition) is 0. The van der Waals surface area contributed by atoms with Gasteiger partial charge in [-0.05, 0) is 71.0 Å². The largest absolute Gasteiger partial charge is 0.379 e. The molecule has 0 saturated heterocycles. The van der Waals surface area contributed by atoms with Gasteiger partial charge in [0.2, 0.25) is 5.91 Å². The number of fused-ring (bicyclic) bond motifs is 1. The first-order valence-corrected chi connectivity index (χ1v) is 9.46. The van der Waals surface area contributed by atoms with Crippen molar-refractivity contribution in [2.24, 2.45) is 0 Å². The van der Waals surface area contributed by atoms with Gasteiger partial charge in [-0.25, -0.2) is 0 Å². The Morgan fingerprint density at radius 1 is 1.22 bits per heavy atom. The van der Waals surface area contributed by atoms with E-state index in [-0.39, 0.29) is 16.6 Å². The minimum atomic E-state index is -3.90. The van der Waals surface area contributed by atoms with Crippen molar-refractivity contribution in [3.63, 3.8) is 0 Å². The number of carbonyl (C=O) groups excluding carboxylic acids is 1. The summed E-state index contributed by atoms with van der Waals surface area (Å²) in [6.07, 6.45) is 0.640. The highest BCUT2D eigenvalue weighted by Crippen LogP contribution is 2.31. The van der Waals surface area contributed by atoms with E-state index < -0.39 is 10.1 Å². The minimum Gasteiger partial charge on any atom is -0.379 e. The van der Waals surface area contributed by atoms with Gasteiger partial charge in [-0.2, -0.15) is 8.42 Å². The van der Waals surface area contributed by atoms with Crippen molar-refractivity contribution in [1.82, 2.24) is 0 Å². The van der Waals surface area contributed by atoms with E-state index in [2.05, 4.69) is 22.6 Å². The molecule has 0 radical (unpaired) electrons. The Labute approximate surface area is 148 Å². The van der Waals surface area contributed by atoms with Crippen molar-refractivity contribution in [1.29, 1.82) is 0 Å². The van der Waals surface area contributed by atoms with E-state index in [4.69, 9.17) is 4.18 Å². The van der Waals surface area contributed by atoms with Crippen LogP contribution in [0, 0.1) is 3.57 Å². The van der Waals surface area contributed by atoms with Crippen molar-refractivity contribution < 1.29 is 17.4 Å². The quantitative estimate of drug-likeness (QED) is 0.541. The van der Waals surface area contributed by atoms with Crippen LogP contribution in [0.15, 0.2) is 47.4 Å². The molecule has 1 aliphatic rings. The number of anilines is 1. The molecule has 7 heteroatoms. The molecule has 1 heterocycles. The van der Waals surface area contributed by atoms with Gasteiger partial charge in [0.25, 0.3) is 0 Å². The lowest BCUT2D eigenvalue weighted by atomic mass is 10.2. The van der Waals surface area contributed by atoms with E-state index in [0.717, 1.165) is 14.8 Å². The number of nitrogens with zero attached hydrogens (tertiary/aromatic N) is 1. The SMILES string of the molecule is CC(=O)N1CCc2cc(S(=O)(=O)Oc3cccc(I)c3)ccc21. The molecule has 120 valence electrons. The topological polar surface area (TPSA) is 63.7 Å². The summed E-state index contributed by atoms with van der Waals surface area (Å²) in [6, 6.07) is 11.6. The van der Waals surface area contributed by atoms with Gasteiger partial charge in [0.1, 0.15) is 10.6 Å². The second kappa shape index (κ2) is 6.12. The fourth-order valence-corrected chi connectivity index (χ4v) is 4.04. The standard InChI is InChI=1S/C16H14INO4S/c1-11(19)18-8-7-12-9-15(5-6-16(12)18)23(20,21)22-14-4-2-3-13(17)10-14/h2-6,9-10H,7-8H2,1H3. The molecular formula is C16H14INO4S. The van der Waals surface area contributed by atoms with Gasteiger partial charge in [0.15, 0.2) is 0 Å². The van der Waals surface area contributed by atoms with Crippen LogP contribution in [0.4, 0.5) is 5.69 Å². The Hall–Kier alpha value is -1.61. The molecule has 0 N–H and O–H groups in total. The van der Waals surface area contributed by atoms with Crippen LogP contribution in [0.3, 0.4) is 0 Å². The average molecular weight is 443 g/mol. The van der Waals surface area contributed by atoms with E-state index in [0.29, 0.717) is 13.0 Å². The molecule has 5 nitrogen and oxygen atoms in total. The van der Waals surface area contributed by atoms with E-state index in [1.54, 1.807) is 35.2 Å². The fourth-order valence-electron chi connectivity index (χ4n) is 2.55. The number of halogens is 1. The zero-order chi connectivity index (χ0) is 16.6. The molecule has 0 aliphatic carbocycles. The van der Waals surface area contributed by atoms with Gasteiger partial charge in [-0.15, -0.1) is 0 Å². The molecule has 0 saturated carbocycles. The van der Waals surface area contributed by atoms with E-state index in [1.807, 2.05) is 6.07 Å². The summed E-state index contributed by atoms with van der Waals surface area (Å²) in [5, 5.41) is 0. The van der Waals surface area contributed by atoms with Crippen molar-refractivity contribution in [3.8, 4) is 5.75 Å². The maximum absolute atomic E-state index is 12.4. The molecule has 0 spiro atoms. The third-order valence-corrected chi connectivity index (χ3v) is 5.53. The zero-order valence-corrected chi connectivity index (χ0v) is 15.3. The Kier molecular flexibility index (Phi) is 4.33. The minimum absolute atomic E-state index is 0.0468. The van der Waals surface area contributed by atoms with Crippen LogP contribution >= 0.6 is 22.6 Å². The van der Waals surface area contributed by atoms with Crippen molar-refractivity contribution in [2.45, 2.75) is 18.2 Å². The first-order chi connectivity index (χ1) is 10.9. The van der Waals surface area contributed by atoms with Gasteiger partial charge in [-0.3, -0.25) is 4.79 Å². The van der Waals surface area contributed by atoms with Gasteiger partial charge >= 0.3 is 10.1 Å². The monoisotopic (exact) mass is 443 g/mol. The molecule has 0 fully saturated rings. The first-order valence-electron chi connectivity index (χ1n) is 6.98. The number of amides is 1. The molecule has 1 aliphatic heterocycles. The Bertz CT molecular complexity index is 879. The van der Waals surface area contributed by atoms with Crippen molar-refractivity contribution in [3.05, 3.63) is 51.6 Å². The molecule has 0 unspecified atom stereocenters. The molecule has 23 heavy (non-hydrogen) atoms. The van der Waals surface area contributed by atoms with Gasteiger partial charge < -0.3 is 9.08 Å². The Morgan fingerprint density at radius 3 is 2.70 bits per heavy atom. The second-order valence-corrected chi connectivity index (χ2v) is 8.00. The second-order valence-electron chi connectivity index (χ2n) is 5.21. The van der Waals surface area contributed by atoms with E-state index in [9.17, 15) is 13.2 Å². The van der Waals surface area contributed by atoms with Crippen LogP contribution in [0.1, 0.15) is 12.5 Å². The lowest BCUT2D eigenvalue weighted by Crippen LogP contribution is -2.25. The first kappa shape index (κ1) is 16.3. The molecule has 1 amide bonds. The van der Waals surface area contributed by atoms with Crippen LogP contribution in [0.25, 0.3) is 0 Å². The third-order valence-electron chi connectivity index (χ3n) is 3.62.